The lowest BCUT2D eigenvalue weighted by molar-refractivity contribution is -0.118. The van der Waals surface area contributed by atoms with E-state index in [1.165, 1.54) is 4.90 Å². The quantitative estimate of drug-likeness (QED) is 0.622. The predicted octanol–water partition coefficient (Wildman–Crippen LogP) is 1.33. The van der Waals surface area contributed by atoms with Crippen molar-refractivity contribution in [1.82, 2.24) is 4.90 Å². The summed E-state index contributed by atoms with van der Waals surface area (Å²) in [6.45, 7) is 6.93. The lowest BCUT2D eigenvalue weighted by Crippen LogP contribution is -2.39. The summed E-state index contributed by atoms with van der Waals surface area (Å²) < 4.78 is 5.16. The minimum Gasteiger partial charge on any atom is -0.444 e. The third-order valence-corrected chi connectivity index (χ3v) is 2.41. The van der Waals surface area contributed by atoms with Crippen LogP contribution in [0.5, 0.6) is 0 Å². The Hall–Kier alpha value is -1.57. The largest absolute Gasteiger partial charge is 0.444 e. The third kappa shape index (κ3) is 2.51. The van der Waals surface area contributed by atoms with E-state index in [-0.39, 0.29) is 12.3 Å². The Morgan fingerprint density at radius 3 is 2.50 bits per heavy atom. The molecule has 1 heterocycles. The van der Waals surface area contributed by atoms with Gasteiger partial charge >= 0.3 is 6.09 Å². The summed E-state index contributed by atoms with van der Waals surface area (Å²) in [5.74, 6) is -0.951. The summed E-state index contributed by atoms with van der Waals surface area (Å²) in [5.41, 5.74) is -0.593. The number of Topliss-reactive ketones (excluding diaryl/α,β-unsaturated/α-hetero) is 1. The molecule has 2 unspecified atom stereocenters. The fraction of sp³-hybridized carbons (Fsp3) is 0.727. The van der Waals surface area contributed by atoms with Gasteiger partial charge in [-0.15, -0.1) is 0 Å². The van der Waals surface area contributed by atoms with Crippen LogP contribution < -0.4 is 0 Å². The normalized spacial score (nSPS) is 25.4. The summed E-state index contributed by atoms with van der Waals surface area (Å²) >= 11 is 0. The molecular weight excluding hydrogens is 208 g/mol. The van der Waals surface area contributed by atoms with Crippen molar-refractivity contribution in [3.63, 3.8) is 0 Å². The minimum atomic E-state index is -0.729. The van der Waals surface area contributed by atoms with E-state index in [1.54, 1.807) is 27.7 Å². The van der Waals surface area contributed by atoms with Crippen molar-refractivity contribution in [3.8, 4) is 6.07 Å². The van der Waals surface area contributed by atoms with Crippen LogP contribution in [0, 0.1) is 17.2 Å². The number of nitriles is 1. The molecule has 16 heavy (non-hydrogen) atoms. The second kappa shape index (κ2) is 4.12. The van der Waals surface area contributed by atoms with Gasteiger partial charge in [0.15, 0.2) is 5.78 Å². The summed E-state index contributed by atoms with van der Waals surface area (Å²) in [7, 11) is 0. The Bertz CT molecular complexity index is 351. The van der Waals surface area contributed by atoms with Crippen LogP contribution in [-0.4, -0.2) is 35.0 Å². The first kappa shape index (κ1) is 12.5. The predicted molar refractivity (Wildman–Crippen MR) is 56.5 cm³/mol. The number of ether oxygens (including phenoxy) is 1. The Morgan fingerprint density at radius 1 is 1.56 bits per heavy atom. The van der Waals surface area contributed by atoms with Crippen molar-refractivity contribution < 1.29 is 14.3 Å². The average Bonchev–Trinajstić information content (AvgIpc) is 2.38. The zero-order valence-electron chi connectivity index (χ0n) is 9.98. The van der Waals surface area contributed by atoms with Crippen molar-refractivity contribution in [3.05, 3.63) is 0 Å². The molecule has 5 nitrogen and oxygen atoms in total. The minimum absolute atomic E-state index is 0.0334. The third-order valence-electron chi connectivity index (χ3n) is 2.41. The van der Waals surface area contributed by atoms with Crippen LogP contribution in [0.2, 0.25) is 0 Å². The van der Waals surface area contributed by atoms with Crippen molar-refractivity contribution in [2.45, 2.75) is 39.3 Å². The molecule has 1 aliphatic rings. The van der Waals surface area contributed by atoms with Crippen molar-refractivity contribution in [2.24, 2.45) is 5.92 Å². The summed E-state index contributed by atoms with van der Waals surface area (Å²) in [6.07, 6.45) is -0.536. The Balaban J connectivity index is 2.74. The van der Waals surface area contributed by atoms with E-state index in [0.717, 1.165) is 0 Å². The van der Waals surface area contributed by atoms with Crippen LogP contribution in [0.4, 0.5) is 4.79 Å². The van der Waals surface area contributed by atoms with Gasteiger partial charge in [-0.1, -0.05) is 0 Å². The lowest BCUT2D eigenvalue weighted by atomic mass is 10.0. The van der Waals surface area contributed by atoms with E-state index in [1.807, 2.05) is 6.07 Å². The molecule has 0 aromatic rings. The number of likely N-dealkylation sites (tertiary alicyclic amines) is 1. The number of rotatable bonds is 0. The second-order valence-corrected chi connectivity index (χ2v) is 4.92. The molecule has 0 spiro atoms. The fourth-order valence-electron chi connectivity index (χ4n) is 1.59. The molecule has 1 rings (SSSR count). The zero-order valence-corrected chi connectivity index (χ0v) is 9.98. The average molecular weight is 224 g/mol. The molecule has 5 heteroatoms. The first-order valence-electron chi connectivity index (χ1n) is 5.18. The van der Waals surface area contributed by atoms with Gasteiger partial charge in [-0.3, -0.25) is 9.69 Å². The molecule has 1 fully saturated rings. The molecule has 0 aliphatic carbocycles. The van der Waals surface area contributed by atoms with Gasteiger partial charge in [0.05, 0.1) is 18.7 Å². The van der Waals surface area contributed by atoms with Crippen LogP contribution in [-0.2, 0) is 9.53 Å². The molecule has 0 aromatic heterocycles. The molecule has 0 saturated carbocycles. The monoisotopic (exact) mass is 224 g/mol. The van der Waals surface area contributed by atoms with Crippen LogP contribution >= 0.6 is 0 Å². The van der Waals surface area contributed by atoms with E-state index in [9.17, 15) is 9.59 Å². The maximum atomic E-state index is 11.7. The van der Waals surface area contributed by atoms with Gasteiger partial charge in [-0.25, -0.2) is 4.79 Å². The molecule has 0 aromatic carbocycles. The molecule has 2 atom stereocenters. The number of carbonyl (C=O) groups excluding carboxylic acids is 2. The SMILES string of the molecule is CC1C(C#N)C(=O)CN1C(=O)OC(C)(C)C. The standard InChI is InChI=1S/C11H16N2O3/c1-7-8(5-12)9(14)6-13(7)10(15)16-11(2,3)4/h7-8H,6H2,1-4H3. The van der Waals surface area contributed by atoms with Crippen molar-refractivity contribution >= 4 is 11.9 Å². The van der Waals surface area contributed by atoms with E-state index < -0.39 is 23.7 Å². The summed E-state index contributed by atoms with van der Waals surface area (Å²) in [5, 5.41) is 8.79. The highest BCUT2D eigenvalue weighted by atomic mass is 16.6. The summed E-state index contributed by atoms with van der Waals surface area (Å²) in [6, 6.07) is 1.50. The number of ketones is 1. The molecular formula is C11H16N2O3. The van der Waals surface area contributed by atoms with Gasteiger partial charge in [0.1, 0.15) is 11.5 Å². The first-order valence-corrected chi connectivity index (χ1v) is 5.18. The highest BCUT2D eigenvalue weighted by Crippen LogP contribution is 2.22. The smallest absolute Gasteiger partial charge is 0.410 e. The van der Waals surface area contributed by atoms with E-state index >= 15 is 0 Å². The van der Waals surface area contributed by atoms with Gasteiger partial charge < -0.3 is 4.74 Å². The zero-order chi connectivity index (χ0) is 12.5. The number of hydrogen-bond acceptors (Lipinski definition) is 4. The number of hydrogen-bond donors (Lipinski definition) is 0. The second-order valence-electron chi connectivity index (χ2n) is 4.92. The van der Waals surface area contributed by atoms with Crippen molar-refractivity contribution in [2.75, 3.05) is 6.54 Å². The van der Waals surface area contributed by atoms with Crippen molar-refractivity contribution in [1.29, 1.82) is 5.26 Å². The molecule has 1 aliphatic heterocycles. The molecule has 1 amide bonds. The molecule has 0 bridgehead atoms. The maximum absolute atomic E-state index is 11.7. The molecule has 88 valence electrons. The highest BCUT2D eigenvalue weighted by molar-refractivity contribution is 5.92. The van der Waals surface area contributed by atoms with E-state index in [2.05, 4.69) is 0 Å². The molecule has 1 saturated heterocycles. The van der Waals surface area contributed by atoms with Crippen LogP contribution in [0.25, 0.3) is 0 Å². The van der Waals surface area contributed by atoms with Crippen LogP contribution in [0.1, 0.15) is 27.7 Å². The van der Waals surface area contributed by atoms with Gasteiger partial charge in [0.25, 0.3) is 0 Å². The van der Waals surface area contributed by atoms with Gasteiger partial charge in [-0.05, 0) is 27.7 Å². The van der Waals surface area contributed by atoms with Gasteiger partial charge in [0, 0.05) is 0 Å². The van der Waals surface area contributed by atoms with Crippen LogP contribution in [0.15, 0.2) is 0 Å². The Kier molecular flexibility index (Phi) is 3.22. The fourth-order valence-corrected chi connectivity index (χ4v) is 1.59. The van der Waals surface area contributed by atoms with Gasteiger partial charge in [-0.2, -0.15) is 5.26 Å². The molecule has 0 N–H and O–H groups in total. The number of nitrogens with zero attached hydrogens (tertiary/aromatic N) is 2. The highest BCUT2D eigenvalue weighted by Gasteiger charge is 2.42. The Labute approximate surface area is 95.0 Å². The number of carbonyl (C=O) groups is 2. The summed E-state index contributed by atoms with van der Waals surface area (Å²) in [4.78, 5) is 24.5. The lowest BCUT2D eigenvalue weighted by Gasteiger charge is -2.26. The topological polar surface area (TPSA) is 70.4 Å². The maximum Gasteiger partial charge on any atom is 0.410 e. The Morgan fingerprint density at radius 2 is 2.12 bits per heavy atom. The van der Waals surface area contributed by atoms with Gasteiger partial charge in [0.2, 0.25) is 0 Å². The van der Waals surface area contributed by atoms with E-state index in [4.69, 9.17) is 10.00 Å². The van der Waals surface area contributed by atoms with Crippen LogP contribution in [0.3, 0.4) is 0 Å². The van der Waals surface area contributed by atoms with E-state index in [0.29, 0.717) is 0 Å². The number of amides is 1. The molecule has 0 radical (unpaired) electrons. The first-order chi connectivity index (χ1) is 7.26.